The number of hydrogen-bond acceptors (Lipinski definition) is 2. The Hall–Kier alpha value is -2.27. The van der Waals surface area contributed by atoms with Gasteiger partial charge in [-0.05, 0) is 55.8 Å². The summed E-state index contributed by atoms with van der Waals surface area (Å²) in [4.78, 5) is 1.88. The van der Waals surface area contributed by atoms with Gasteiger partial charge in [0.05, 0.1) is 6.61 Å². The molecule has 0 spiro atoms. The normalized spacial score (nSPS) is 10.9. The van der Waals surface area contributed by atoms with Crippen molar-refractivity contribution >= 4 is 11.3 Å². The van der Waals surface area contributed by atoms with Crippen molar-refractivity contribution < 1.29 is 17.9 Å². The molecule has 24 heavy (non-hydrogen) atoms. The quantitative estimate of drug-likeness (QED) is 0.545. The molecule has 0 atom stereocenters. The van der Waals surface area contributed by atoms with Crippen LogP contribution in [0.1, 0.15) is 11.8 Å². The molecule has 1 heterocycles. The second-order valence-corrected chi connectivity index (χ2v) is 6.57. The van der Waals surface area contributed by atoms with Gasteiger partial charge in [-0.15, -0.1) is 11.3 Å². The predicted molar refractivity (Wildman–Crippen MR) is 91.0 cm³/mol. The van der Waals surface area contributed by atoms with Gasteiger partial charge in [0.25, 0.3) is 0 Å². The predicted octanol–water partition coefficient (Wildman–Crippen LogP) is 6.21. The van der Waals surface area contributed by atoms with Gasteiger partial charge >= 0.3 is 0 Å². The fourth-order valence-corrected chi connectivity index (χ4v) is 3.38. The van der Waals surface area contributed by atoms with Crippen LogP contribution in [0.5, 0.6) is 5.75 Å². The highest BCUT2D eigenvalue weighted by atomic mass is 32.1. The van der Waals surface area contributed by atoms with Crippen molar-refractivity contribution in [3.63, 3.8) is 0 Å². The standard InChI is InChI=1S/C19H15F3OS/c1-3-23-16-8-7-13(18(21)19(16)22)12-5-6-14(15(20)10-12)17-9-4-11(2)24-17/h4-10H,3H2,1-2H3. The summed E-state index contributed by atoms with van der Waals surface area (Å²) in [7, 11) is 0. The van der Waals surface area contributed by atoms with E-state index >= 15 is 0 Å². The van der Waals surface area contributed by atoms with Crippen LogP contribution in [-0.4, -0.2) is 6.61 Å². The SMILES string of the molecule is CCOc1ccc(-c2ccc(-c3ccc(C)s3)c(F)c2)c(F)c1F. The summed E-state index contributed by atoms with van der Waals surface area (Å²) in [5, 5.41) is 0. The van der Waals surface area contributed by atoms with E-state index < -0.39 is 17.5 Å². The molecule has 0 radical (unpaired) electrons. The Morgan fingerprint density at radius 1 is 0.917 bits per heavy atom. The van der Waals surface area contributed by atoms with Crippen molar-refractivity contribution in [2.24, 2.45) is 0 Å². The van der Waals surface area contributed by atoms with Gasteiger partial charge in [-0.25, -0.2) is 8.78 Å². The highest BCUT2D eigenvalue weighted by Gasteiger charge is 2.17. The van der Waals surface area contributed by atoms with Gasteiger partial charge in [-0.2, -0.15) is 4.39 Å². The zero-order valence-electron chi connectivity index (χ0n) is 13.2. The fourth-order valence-electron chi connectivity index (χ4n) is 2.48. The Bertz CT molecular complexity index is 886. The third-order valence-electron chi connectivity index (χ3n) is 3.63. The molecule has 0 aliphatic heterocycles. The number of rotatable bonds is 4. The maximum atomic E-state index is 14.4. The summed E-state index contributed by atoms with van der Waals surface area (Å²) in [6.07, 6.45) is 0. The minimum Gasteiger partial charge on any atom is -0.491 e. The first-order valence-corrected chi connectivity index (χ1v) is 8.30. The van der Waals surface area contributed by atoms with Gasteiger partial charge < -0.3 is 4.74 Å². The molecule has 5 heteroatoms. The molecule has 1 aromatic heterocycles. The second-order valence-electron chi connectivity index (χ2n) is 5.28. The van der Waals surface area contributed by atoms with E-state index in [9.17, 15) is 13.2 Å². The van der Waals surface area contributed by atoms with Crippen molar-refractivity contribution in [2.45, 2.75) is 13.8 Å². The lowest BCUT2D eigenvalue weighted by molar-refractivity contribution is 0.314. The molecule has 0 bridgehead atoms. The third-order valence-corrected chi connectivity index (χ3v) is 4.67. The van der Waals surface area contributed by atoms with E-state index in [2.05, 4.69) is 0 Å². The van der Waals surface area contributed by atoms with Gasteiger partial charge in [0, 0.05) is 20.9 Å². The number of aryl methyl sites for hydroxylation is 1. The first-order chi connectivity index (χ1) is 11.5. The summed E-state index contributed by atoms with van der Waals surface area (Å²) in [5.74, 6) is -2.72. The molecule has 3 aromatic rings. The summed E-state index contributed by atoms with van der Waals surface area (Å²) in [5.41, 5.74) is 0.733. The van der Waals surface area contributed by atoms with E-state index in [0.29, 0.717) is 5.56 Å². The Kier molecular flexibility index (Phi) is 4.62. The number of halogens is 3. The zero-order valence-corrected chi connectivity index (χ0v) is 14.0. The Balaban J connectivity index is 2.02. The molecule has 0 saturated carbocycles. The molecule has 0 aliphatic rings. The summed E-state index contributed by atoms with van der Waals surface area (Å²) >= 11 is 1.48. The molecule has 0 N–H and O–H groups in total. The van der Waals surface area contributed by atoms with Crippen LogP contribution < -0.4 is 4.74 Å². The van der Waals surface area contributed by atoms with E-state index in [1.54, 1.807) is 19.1 Å². The lowest BCUT2D eigenvalue weighted by atomic mass is 10.0. The lowest BCUT2D eigenvalue weighted by Gasteiger charge is -2.10. The monoisotopic (exact) mass is 348 g/mol. The van der Waals surface area contributed by atoms with Crippen molar-refractivity contribution in [3.8, 4) is 27.3 Å². The van der Waals surface area contributed by atoms with Crippen LogP contribution in [0.2, 0.25) is 0 Å². The second kappa shape index (κ2) is 6.69. The van der Waals surface area contributed by atoms with Crippen LogP contribution in [-0.2, 0) is 0 Å². The highest BCUT2D eigenvalue weighted by molar-refractivity contribution is 7.15. The maximum Gasteiger partial charge on any atom is 0.201 e. The Morgan fingerprint density at radius 2 is 1.67 bits per heavy atom. The maximum absolute atomic E-state index is 14.4. The zero-order chi connectivity index (χ0) is 17.3. The van der Waals surface area contributed by atoms with E-state index in [1.165, 1.54) is 29.5 Å². The Labute approximate surface area is 142 Å². The molecule has 0 saturated heterocycles. The first-order valence-electron chi connectivity index (χ1n) is 7.48. The average Bonchev–Trinajstić information content (AvgIpc) is 2.98. The summed E-state index contributed by atoms with van der Waals surface area (Å²) in [6.45, 7) is 3.86. The van der Waals surface area contributed by atoms with Crippen molar-refractivity contribution in [1.82, 2.24) is 0 Å². The van der Waals surface area contributed by atoms with Crippen LogP contribution in [0, 0.1) is 24.4 Å². The molecule has 124 valence electrons. The minimum atomic E-state index is -1.06. The fraction of sp³-hybridized carbons (Fsp3) is 0.158. The molecule has 0 unspecified atom stereocenters. The number of benzene rings is 2. The first kappa shape index (κ1) is 16.6. The van der Waals surface area contributed by atoms with Crippen LogP contribution in [0.3, 0.4) is 0 Å². The molecule has 0 amide bonds. The molecular weight excluding hydrogens is 333 g/mol. The van der Waals surface area contributed by atoms with E-state index in [0.717, 1.165) is 9.75 Å². The van der Waals surface area contributed by atoms with Gasteiger partial charge in [0.2, 0.25) is 5.82 Å². The van der Waals surface area contributed by atoms with Crippen LogP contribution in [0.4, 0.5) is 13.2 Å². The number of hydrogen-bond donors (Lipinski definition) is 0. The van der Waals surface area contributed by atoms with E-state index in [-0.39, 0.29) is 23.5 Å². The van der Waals surface area contributed by atoms with Crippen LogP contribution in [0.15, 0.2) is 42.5 Å². The van der Waals surface area contributed by atoms with Crippen LogP contribution in [0.25, 0.3) is 21.6 Å². The van der Waals surface area contributed by atoms with Gasteiger partial charge in [0.1, 0.15) is 5.82 Å². The summed E-state index contributed by atoms with van der Waals surface area (Å²) in [6, 6.07) is 10.9. The van der Waals surface area contributed by atoms with Gasteiger partial charge in [0.15, 0.2) is 11.6 Å². The minimum absolute atomic E-state index is 0.00348. The van der Waals surface area contributed by atoms with E-state index in [1.807, 2.05) is 19.1 Å². The van der Waals surface area contributed by atoms with Crippen molar-refractivity contribution in [2.75, 3.05) is 6.61 Å². The van der Waals surface area contributed by atoms with Gasteiger partial charge in [-0.1, -0.05) is 6.07 Å². The molecule has 3 rings (SSSR count). The number of ether oxygens (including phenoxy) is 1. The van der Waals surface area contributed by atoms with Gasteiger partial charge in [-0.3, -0.25) is 0 Å². The average molecular weight is 348 g/mol. The topological polar surface area (TPSA) is 9.23 Å². The highest BCUT2D eigenvalue weighted by Crippen LogP contribution is 2.34. The smallest absolute Gasteiger partial charge is 0.201 e. The van der Waals surface area contributed by atoms with E-state index in [4.69, 9.17) is 4.74 Å². The molecule has 2 aromatic carbocycles. The Morgan fingerprint density at radius 3 is 2.29 bits per heavy atom. The molecule has 0 aliphatic carbocycles. The lowest BCUT2D eigenvalue weighted by Crippen LogP contribution is -1.98. The largest absolute Gasteiger partial charge is 0.491 e. The number of thiophene rings is 1. The molecule has 1 nitrogen and oxygen atoms in total. The molecular formula is C19H15F3OS. The summed E-state index contributed by atoms with van der Waals surface area (Å²) < 4.78 is 47.7. The van der Waals surface area contributed by atoms with Crippen molar-refractivity contribution in [1.29, 1.82) is 0 Å². The molecule has 0 fully saturated rings. The van der Waals surface area contributed by atoms with Crippen LogP contribution >= 0.6 is 11.3 Å². The van der Waals surface area contributed by atoms with Crippen molar-refractivity contribution in [3.05, 3.63) is 64.8 Å². The third kappa shape index (κ3) is 3.04.